The molecule has 0 heterocycles. The van der Waals surface area contributed by atoms with Gasteiger partial charge >= 0.3 is 6.09 Å². The molecule has 0 radical (unpaired) electrons. The van der Waals surface area contributed by atoms with E-state index < -0.39 is 18.3 Å². The Morgan fingerprint density at radius 3 is 2.22 bits per heavy atom. The lowest BCUT2D eigenvalue weighted by atomic mass is 9.96. The fraction of sp³-hybridized carbons (Fsp3) is 0.417. The van der Waals surface area contributed by atoms with Gasteiger partial charge in [-0.3, -0.25) is 0 Å². The minimum atomic E-state index is -1.13. The predicted molar refractivity (Wildman–Crippen MR) is 70.7 cm³/mol. The number of aliphatic hydroxyl groups is 1. The van der Waals surface area contributed by atoms with Crippen LogP contribution in [0.1, 0.15) is 25.5 Å². The van der Waals surface area contributed by atoms with E-state index in [1.807, 2.05) is 0 Å². The van der Waals surface area contributed by atoms with Crippen LogP contribution in [0.2, 0.25) is 10.0 Å². The van der Waals surface area contributed by atoms with Gasteiger partial charge in [-0.05, 0) is 18.1 Å². The molecule has 0 aliphatic rings. The molecular formula is C12H15Cl2NO3. The molecule has 0 spiro atoms. The Morgan fingerprint density at radius 1 is 1.33 bits per heavy atom. The number of nitrogens with two attached hydrogens (primary N) is 1. The minimum absolute atomic E-state index is 0.139. The van der Waals surface area contributed by atoms with Crippen molar-refractivity contribution in [1.29, 1.82) is 0 Å². The summed E-state index contributed by atoms with van der Waals surface area (Å²) in [5.41, 5.74) is 5.32. The SMILES string of the molecule is CC(C)[C@H](OC(N)=O)[C@@H](O)c1c(Cl)cccc1Cl. The van der Waals surface area contributed by atoms with Crippen LogP contribution in [0.25, 0.3) is 0 Å². The Kier molecular flexibility index (Phi) is 5.26. The molecule has 1 aromatic rings. The molecule has 0 saturated heterocycles. The highest BCUT2D eigenvalue weighted by molar-refractivity contribution is 6.36. The first kappa shape index (κ1) is 15.1. The summed E-state index contributed by atoms with van der Waals surface area (Å²) < 4.78 is 4.91. The zero-order valence-corrected chi connectivity index (χ0v) is 11.6. The van der Waals surface area contributed by atoms with E-state index in [1.54, 1.807) is 32.0 Å². The van der Waals surface area contributed by atoms with Crippen molar-refractivity contribution < 1.29 is 14.6 Å². The summed E-state index contributed by atoms with van der Waals surface area (Å²) in [5, 5.41) is 10.9. The van der Waals surface area contributed by atoms with E-state index in [0.717, 1.165) is 0 Å². The number of benzene rings is 1. The summed E-state index contributed by atoms with van der Waals surface area (Å²) in [7, 11) is 0. The molecule has 18 heavy (non-hydrogen) atoms. The number of carbonyl (C=O) groups is 1. The number of carbonyl (C=O) groups excluding carboxylic acids is 1. The molecule has 2 atom stereocenters. The highest BCUT2D eigenvalue weighted by Gasteiger charge is 2.30. The van der Waals surface area contributed by atoms with Crippen molar-refractivity contribution >= 4 is 29.3 Å². The number of aliphatic hydroxyl groups excluding tert-OH is 1. The van der Waals surface area contributed by atoms with E-state index in [-0.39, 0.29) is 5.92 Å². The first-order valence-electron chi connectivity index (χ1n) is 5.42. The second-order valence-electron chi connectivity index (χ2n) is 4.23. The maximum atomic E-state index is 10.8. The smallest absolute Gasteiger partial charge is 0.404 e. The Balaban J connectivity index is 3.09. The maximum Gasteiger partial charge on any atom is 0.404 e. The number of hydrogen-bond acceptors (Lipinski definition) is 3. The summed E-state index contributed by atoms with van der Waals surface area (Å²) in [6, 6.07) is 4.88. The molecule has 1 rings (SSSR count). The van der Waals surface area contributed by atoms with Gasteiger partial charge in [0, 0.05) is 15.6 Å². The largest absolute Gasteiger partial charge is 0.443 e. The number of rotatable bonds is 4. The van der Waals surface area contributed by atoms with E-state index in [4.69, 9.17) is 33.7 Å². The van der Waals surface area contributed by atoms with Crippen LogP contribution in [0.3, 0.4) is 0 Å². The van der Waals surface area contributed by atoms with Gasteiger partial charge in [-0.2, -0.15) is 0 Å². The first-order valence-corrected chi connectivity index (χ1v) is 6.18. The highest BCUT2D eigenvalue weighted by Crippen LogP contribution is 2.34. The van der Waals surface area contributed by atoms with Crippen molar-refractivity contribution in [3.05, 3.63) is 33.8 Å². The lowest BCUT2D eigenvalue weighted by molar-refractivity contribution is -0.0195. The van der Waals surface area contributed by atoms with E-state index in [9.17, 15) is 9.90 Å². The highest BCUT2D eigenvalue weighted by atomic mass is 35.5. The number of primary amides is 1. The van der Waals surface area contributed by atoms with E-state index in [2.05, 4.69) is 0 Å². The summed E-state index contributed by atoms with van der Waals surface area (Å²) >= 11 is 12.0. The standard InChI is InChI=1S/C12H15Cl2NO3/c1-6(2)11(18-12(15)17)10(16)9-7(13)4-3-5-8(9)14/h3-6,10-11,16H,1-2H3,(H2,15,17)/t10-,11-/m0/s1. The normalized spacial score (nSPS) is 14.3. The van der Waals surface area contributed by atoms with Crippen LogP contribution in [0, 0.1) is 5.92 Å². The van der Waals surface area contributed by atoms with Crippen molar-refractivity contribution in [2.75, 3.05) is 0 Å². The van der Waals surface area contributed by atoms with Crippen LogP contribution < -0.4 is 5.73 Å². The molecule has 1 aromatic carbocycles. The average Bonchev–Trinajstić information content (AvgIpc) is 2.24. The van der Waals surface area contributed by atoms with Gasteiger partial charge in [0.25, 0.3) is 0 Å². The number of hydrogen-bond donors (Lipinski definition) is 2. The summed E-state index contributed by atoms with van der Waals surface area (Å²) in [5.74, 6) is -0.139. The fourth-order valence-electron chi connectivity index (χ4n) is 1.66. The van der Waals surface area contributed by atoms with Gasteiger partial charge in [-0.1, -0.05) is 43.1 Å². The summed E-state index contributed by atoms with van der Waals surface area (Å²) in [6.45, 7) is 3.59. The Labute approximate surface area is 116 Å². The molecule has 3 N–H and O–H groups in total. The van der Waals surface area contributed by atoms with Crippen molar-refractivity contribution in [3.8, 4) is 0 Å². The minimum Gasteiger partial charge on any atom is -0.443 e. The molecule has 6 heteroatoms. The van der Waals surface area contributed by atoms with Crippen molar-refractivity contribution in [3.63, 3.8) is 0 Å². The molecule has 0 bridgehead atoms. The summed E-state index contributed by atoms with van der Waals surface area (Å²) in [6.07, 6.45) is -2.88. The third-order valence-electron chi connectivity index (χ3n) is 2.52. The second kappa shape index (κ2) is 6.27. The quantitative estimate of drug-likeness (QED) is 0.895. The van der Waals surface area contributed by atoms with Crippen LogP contribution in [0.15, 0.2) is 18.2 Å². The van der Waals surface area contributed by atoms with Crippen molar-refractivity contribution in [2.24, 2.45) is 11.7 Å². The van der Waals surface area contributed by atoms with Crippen molar-refractivity contribution in [2.45, 2.75) is 26.1 Å². The molecule has 1 amide bonds. The molecule has 0 aliphatic carbocycles. The van der Waals surface area contributed by atoms with Crippen LogP contribution in [-0.2, 0) is 4.74 Å². The number of halogens is 2. The zero-order valence-electron chi connectivity index (χ0n) is 10.1. The van der Waals surface area contributed by atoms with Crippen LogP contribution in [-0.4, -0.2) is 17.3 Å². The van der Waals surface area contributed by atoms with Gasteiger partial charge < -0.3 is 15.6 Å². The van der Waals surface area contributed by atoms with Gasteiger partial charge in [0.15, 0.2) is 0 Å². The number of ether oxygens (including phenoxy) is 1. The first-order chi connectivity index (χ1) is 8.34. The molecule has 0 unspecified atom stereocenters. The Hall–Kier alpha value is -0.970. The van der Waals surface area contributed by atoms with Gasteiger partial charge in [0.05, 0.1) is 0 Å². The van der Waals surface area contributed by atoms with Gasteiger partial charge in [0.1, 0.15) is 12.2 Å². The Morgan fingerprint density at radius 2 is 1.83 bits per heavy atom. The van der Waals surface area contributed by atoms with Crippen molar-refractivity contribution in [1.82, 2.24) is 0 Å². The predicted octanol–water partition coefficient (Wildman–Crippen LogP) is 3.15. The van der Waals surface area contributed by atoms with Gasteiger partial charge in [-0.25, -0.2) is 4.79 Å². The average molecular weight is 292 g/mol. The topological polar surface area (TPSA) is 72.5 Å². The van der Waals surface area contributed by atoms with E-state index >= 15 is 0 Å². The van der Waals surface area contributed by atoms with Crippen LogP contribution >= 0.6 is 23.2 Å². The fourth-order valence-corrected chi connectivity index (χ4v) is 2.28. The molecule has 0 aliphatic heterocycles. The third kappa shape index (κ3) is 3.51. The number of amides is 1. The lowest BCUT2D eigenvalue weighted by Gasteiger charge is -2.26. The molecule has 0 saturated carbocycles. The monoisotopic (exact) mass is 291 g/mol. The zero-order chi connectivity index (χ0) is 13.9. The van der Waals surface area contributed by atoms with Gasteiger partial charge in [0.2, 0.25) is 0 Å². The summed E-state index contributed by atoms with van der Waals surface area (Å²) in [4.78, 5) is 10.8. The van der Waals surface area contributed by atoms with Gasteiger partial charge in [-0.15, -0.1) is 0 Å². The molecule has 0 aromatic heterocycles. The molecular weight excluding hydrogens is 277 g/mol. The molecule has 0 fully saturated rings. The Bertz CT molecular complexity index is 417. The third-order valence-corrected chi connectivity index (χ3v) is 3.18. The second-order valence-corrected chi connectivity index (χ2v) is 5.04. The molecule has 4 nitrogen and oxygen atoms in total. The maximum absolute atomic E-state index is 10.8. The van der Waals surface area contributed by atoms with Crippen LogP contribution in [0.4, 0.5) is 4.79 Å². The molecule has 100 valence electrons. The van der Waals surface area contributed by atoms with E-state index in [0.29, 0.717) is 15.6 Å². The van der Waals surface area contributed by atoms with Crippen LogP contribution in [0.5, 0.6) is 0 Å². The van der Waals surface area contributed by atoms with E-state index in [1.165, 1.54) is 0 Å². The lowest BCUT2D eigenvalue weighted by Crippen LogP contribution is -2.32.